The summed E-state index contributed by atoms with van der Waals surface area (Å²) in [5, 5.41) is 9.58. The van der Waals surface area contributed by atoms with Crippen LogP contribution in [0, 0.1) is 25.2 Å². The van der Waals surface area contributed by atoms with Gasteiger partial charge in [-0.25, -0.2) is 0 Å². The Hall–Kier alpha value is -4.16. The first-order valence-corrected chi connectivity index (χ1v) is 10.2. The van der Waals surface area contributed by atoms with Crippen LogP contribution in [0.15, 0.2) is 97.3 Å². The molecule has 0 saturated heterocycles. The molecule has 0 amide bonds. The van der Waals surface area contributed by atoms with E-state index in [-0.39, 0.29) is 0 Å². The fraction of sp³-hybridized carbons (Fsp3) is 0.0714. The molecule has 0 saturated carbocycles. The summed E-state index contributed by atoms with van der Waals surface area (Å²) < 4.78 is 0. The monoisotopic (exact) mass is 401 g/mol. The van der Waals surface area contributed by atoms with Crippen molar-refractivity contribution in [1.29, 1.82) is 5.26 Å². The first-order chi connectivity index (χ1) is 15.1. The lowest BCUT2D eigenvalue weighted by molar-refractivity contribution is 1.27. The Morgan fingerprint density at radius 3 is 1.61 bits per heavy atom. The number of hydrogen-bond acceptors (Lipinski definition) is 3. The Balaban J connectivity index is 1.71. The van der Waals surface area contributed by atoms with Gasteiger partial charge in [-0.1, -0.05) is 47.5 Å². The molecule has 1 aromatic heterocycles. The van der Waals surface area contributed by atoms with Crippen molar-refractivity contribution in [3.8, 4) is 6.07 Å². The van der Waals surface area contributed by atoms with Crippen molar-refractivity contribution >= 4 is 28.7 Å². The van der Waals surface area contributed by atoms with E-state index in [4.69, 9.17) is 0 Å². The molecule has 0 N–H and O–H groups in total. The van der Waals surface area contributed by atoms with E-state index in [1.165, 1.54) is 11.1 Å². The van der Waals surface area contributed by atoms with E-state index in [0.29, 0.717) is 5.57 Å². The lowest BCUT2D eigenvalue weighted by Gasteiger charge is -2.26. The number of aryl methyl sites for hydroxylation is 2. The van der Waals surface area contributed by atoms with Crippen LogP contribution in [-0.4, -0.2) is 4.98 Å². The maximum atomic E-state index is 9.58. The van der Waals surface area contributed by atoms with Crippen LogP contribution in [0.1, 0.15) is 22.3 Å². The first-order valence-electron chi connectivity index (χ1n) is 10.2. The van der Waals surface area contributed by atoms with Crippen LogP contribution in [0.25, 0.3) is 11.6 Å². The molecule has 0 aliphatic rings. The lowest BCUT2D eigenvalue weighted by atomic mass is 10.0. The van der Waals surface area contributed by atoms with E-state index in [2.05, 4.69) is 90.5 Å². The predicted octanol–water partition coefficient (Wildman–Crippen LogP) is 7.23. The molecule has 0 aliphatic heterocycles. The molecule has 0 fully saturated rings. The van der Waals surface area contributed by atoms with Gasteiger partial charge in [0, 0.05) is 29.5 Å². The highest BCUT2D eigenvalue weighted by Gasteiger charge is 2.12. The summed E-state index contributed by atoms with van der Waals surface area (Å²) in [6.45, 7) is 4.19. The molecular weight excluding hydrogens is 378 g/mol. The Morgan fingerprint density at radius 1 is 0.710 bits per heavy atom. The Kier molecular flexibility index (Phi) is 5.91. The van der Waals surface area contributed by atoms with Crippen molar-refractivity contribution in [2.45, 2.75) is 13.8 Å². The molecule has 0 bridgehead atoms. The molecule has 31 heavy (non-hydrogen) atoms. The van der Waals surface area contributed by atoms with Crippen molar-refractivity contribution in [2.24, 2.45) is 0 Å². The largest absolute Gasteiger partial charge is 0.311 e. The second-order valence-electron chi connectivity index (χ2n) is 7.50. The minimum atomic E-state index is 0.615. The van der Waals surface area contributed by atoms with Gasteiger partial charge in [0.25, 0.3) is 0 Å². The summed E-state index contributed by atoms with van der Waals surface area (Å²) in [4.78, 5) is 6.26. The Morgan fingerprint density at radius 2 is 1.16 bits per heavy atom. The van der Waals surface area contributed by atoms with Crippen molar-refractivity contribution in [3.63, 3.8) is 0 Å². The summed E-state index contributed by atoms with van der Waals surface area (Å²) in [6.07, 6.45) is 5.30. The summed E-state index contributed by atoms with van der Waals surface area (Å²) in [5.74, 6) is 0. The van der Waals surface area contributed by atoms with Crippen molar-refractivity contribution in [1.82, 2.24) is 4.98 Å². The highest BCUT2D eigenvalue weighted by molar-refractivity contribution is 5.89. The molecule has 4 aromatic rings. The number of rotatable bonds is 5. The van der Waals surface area contributed by atoms with Gasteiger partial charge in [-0.05, 0) is 79.6 Å². The van der Waals surface area contributed by atoms with E-state index in [1.807, 2.05) is 30.3 Å². The summed E-state index contributed by atoms with van der Waals surface area (Å²) in [6, 6.07) is 31.3. The molecular formula is C28H23N3. The highest BCUT2D eigenvalue weighted by Crippen LogP contribution is 2.35. The number of benzene rings is 3. The van der Waals surface area contributed by atoms with Crippen LogP contribution >= 0.6 is 0 Å². The lowest BCUT2D eigenvalue weighted by Crippen LogP contribution is -2.09. The second-order valence-corrected chi connectivity index (χ2v) is 7.50. The van der Waals surface area contributed by atoms with Crippen LogP contribution in [-0.2, 0) is 0 Å². The summed E-state index contributed by atoms with van der Waals surface area (Å²) in [5.41, 5.74) is 8.18. The smallest absolute Gasteiger partial charge is 0.0998 e. The van der Waals surface area contributed by atoms with E-state index in [9.17, 15) is 5.26 Å². The number of hydrogen-bond donors (Lipinski definition) is 0. The van der Waals surface area contributed by atoms with Crippen LogP contribution in [0.4, 0.5) is 17.1 Å². The van der Waals surface area contributed by atoms with Gasteiger partial charge in [0.05, 0.1) is 11.6 Å². The minimum absolute atomic E-state index is 0.615. The fourth-order valence-electron chi connectivity index (χ4n) is 3.43. The topological polar surface area (TPSA) is 39.9 Å². The minimum Gasteiger partial charge on any atom is -0.311 e. The molecule has 3 aromatic carbocycles. The SMILES string of the molecule is Cc1ccc(N(c2ccc(C)cc2)c2ccc(/C=C(/C#N)c3ccncc3)cc2)cc1. The van der Waals surface area contributed by atoms with Crippen LogP contribution in [0.5, 0.6) is 0 Å². The molecule has 1 heterocycles. The van der Waals surface area contributed by atoms with Gasteiger partial charge >= 0.3 is 0 Å². The molecule has 0 aliphatic carbocycles. The van der Waals surface area contributed by atoms with E-state index in [1.54, 1.807) is 12.4 Å². The zero-order valence-corrected chi connectivity index (χ0v) is 17.7. The number of nitrogens with zero attached hydrogens (tertiary/aromatic N) is 3. The standard InChI is InChI=1S/C28H23N3/c1-21-3-9-26(10-4-21)31(27-11-5-22(2)6-12-27)28-13-7-23(8-14-28)19-25(20-29)24-15-17-30-18-16-24/h3-19H,1-2H3/b25-19-. The zero-order valence-electron chi connectivity index (χ0n) is 17.7. The van der Waals surface area contributed by atoms with Crippen LogP contribution in [0.2, 0.25) is 0 Å². The number of aromatic nitrogens is 1. The van der Waals surface area contributed by atoms with Gasteiger partial charge < -0.3 is 4.90 Å². The number of nitriles is 1. The van der Waals surface area contributed by atoms with Crippen molar-refractivity contribution in [3.05, 3.63) is 120 Å². The Bertz CT molecular complexity index is 1170. The third kappa shape index (κ3) is 4.71. The first kappa shape index (κ1) is 20.1. The molecule has 4 rings (SSSR count). The maximum Gasteiger partial charge on any atom is 0.0998 e. The molecule has 0 spiro atoms. The van der Waals surface area contributed by atoms with Gasteiger partial charge in [0.15, 0.2) is 0 Å². The Labute approximate surface area is 183 Å². The quantitative estimate of drug-likeness (QED) is 0.331. The molecule has 0 radical (unpaired) electrons. The maximum absolute atomic E-state index is 9.58. The molecule has 0 unspecified atom stereocenters. The van der Waals surface area contributed by atoms with Gasteiger partial charge in [-0.2, -0.15) is 5.26 Å². The summed E-state index contributed by atoms with van der Waals surface area (Å²) >= 11 is 0. The third-order valence-electron chi connectivity index (χ3n) is 5.16. The highest BCUT2D eigenvalue weighted by atomic mass is 15.1. The number of anilines is 3. The average Bonchev–Trinajstić information content (AvgIpc) is 2.81. The van der Waals surface area contributed by atoms with Crippen molar-refractivity contribution in [2.75, 3.05) is 4.90 Å². The second kappa shape index (κ2) is 9.11. The molecule has 3 nitrogen and oxygen atoms in total. The fourth-order valence-corrected chi connectivity index (χ4v) is 3.43. The zero-order chi connectivity index (χ0) is 21.6. The van der Waals surface area contributed by atoms with E-state index >= 15 is 0 Å². The number of pyridine rings is 1. The van der Waals surface area contributed by atoms with Crippen molar-refractivity contribution < 1.29 is 0 Å². The normalized spacial score (nSPS) is 11.1. The predicted molar refractivity (Wildman–Crippen MR) is 128 cm³/mol. The van der Waals surface area contributed by atoms with E-state index < -0.39 is 0 Å². The van der Waals surface area contributed by atoms with Gasteiger partial charge in [-0.15, -0.1) is 0 Å². The van der Waals surface area contributed by atoms with Gasteiger partial charge in [-0.3, -0.25) is 4.98 Å². The average molecular weight is 402 g/mol. The van der Waals surface area contributed by atoms with Crippen LogP contribution in [0.3, 0.4) is 0 Å². The number of allylic oxidation sites excluding steroid dienone is 1. The summed E-state index contributed by atoms with van der Waals surface area (Å²) in [7, 11) is 0. The van der Waals surface area contributed by atoms with Gasteiger partial charge in [0.2, 0.25) is 0 Å². The third-order valence-corrected chi connectivity index (χ3v) is 5.16. The van der Waals surface area contributed by atoms with Crippen LogP contribution < -0.4 is 4.90 Å². The van der Waals surface area contributed by atoms with Gasteiger partial charge in [0.1, 0.15) is 0 Å². The molecule has 0 atom stereocenters. The molecule has 3 heteroatoms. The molecule has 150 valence electrons. The van der Waals surface area contributed by atoms with E-state index in [0.717, 1.165) is 28.2 Å².